The van der Waals surface area contributed by atoms with Gasteiger partial charge in [-0.15, -0.1) is 6.58 Å². The zero-order chi connectivity index (χ0) is 27.6. The molecule has 3 rings (SSSR count). The Labute approximate surface area is 230 Å². The number of allylic oxidation sites excluding steroid dienone is 7. The Morgan fingerprint density at radius 1 is 1.22 bits per heavy atom. The number of rotatable bonds is 7. The van der Waals surface area contributed by atoms with Gasteiger partial charge in [0, 0.05) is 18.1 Å². The predicted molar refractivity (Wildman–Crippen MR) is 161 cm³/mol. The SMILES string of the molecule is C/C=C\C.C=CC(C)CCC1=Cc2cc(Cl)ccc2C(C2CCN(S(C)(=O)=O)CC2)C(C)/C1=C\C=C/N. The minimum atomic E-state index is -3.15. The monoisotopic (exact) mass is 544 g/mol. The molecule has 1 saturated heterocycles. The van der Waals surface area contributed by atoms with Gasteiger partial charge in [-0.3, -0.25) is 0 Å². The van der Waals surface area contributed by atoms with Crippen molar-refractivity contribution < 1.29 is 8.42 Å². The van der Waals surface area contributed by atoms with Gasteiger partial charge in [-0.1, -0.05) is 61.9 Å². The van der Waals surface area contributed by atoms with Crippen LogP contribution in [0.15, 0.2) is 72.5 Å². The topological polar surface area (TPSA) is 63.4 Å². The molecular formula is C31H45ClN2O2S. The van der Waals surface area contributed by atoms with Gasteiger partial charge in [-0.05, 0) is 110 Å². The van der Waals surface area contributed by atoms with E-state index in [1.54, 1.807) is 10.5 Å². The second kappa shape index (κ2) is 14.8. The first-order chi connectivity index (χ1) is 17.6. The van der Waals surface area contributed by atoms with E-state index in [0.717, 1.165) is 30.7 Å². The van der Waals surface area contributed by atoms with Crippen LogP contribution in [0.5, 0.6) is 0 Å². The van der Waals surface area contributed by atoms with Crippen LogP contribution in [0.2, 0.25) is 5.02 Å². The number of piperidine rings is 1. The second-order valence-electron chi connectivity index (χ2n) is 10.2. The molecule has 1 fully saturated rings. The van der Waals surface area contributed by atoms with E-state index in [2.05, 4.69) is 44.7 Å². The quantitative estimate of drug-likeness (QED) is 0.357. The zero-order valence-corrected chi connectivity index (χ0v) is 24.7. The summed E-state index contributed by atoms with van der Waals surface area (Å²) >= 11 is 6.43. The molecule has 1 aliphatic heterocycles. The molecule has 3 atom stereocenters. The summed E-state index contributed by atoms with van der Waals surface area (Å²) in [4.78, 5) is 0. The Kier molecular flexibility index (Phi) is 12.4. The van der Waals surface area contributed by atoms with E-state index in [1.807, 2.05) is 44.2 Å². The molecule has 0 saturated carbocycles. The molecule has 1 aromatic carbocycles. The number of benzene rings is 1. The van der Waals surface area contributed by atoms with Gasteiger partial charge < -0.3 is 5.73 Å². The fourth-order valence-corrected chi connectivity index (χ4v) is 6.42. The van der Waals surface area contributed by atoms with E-state index in [9.17, 15) is 8.42 Å². The van der Waals surface area contributed by atoms with Crippen LogP contribution in [0.4, 0.5) is 0 Å². The summed E-state index contributed by atoms with van der Waals surface area (Å²) in [6, 6.07) is 6.22. The van der Waals surface area contributed by atoms with E-state index in [0.29, 0.717) is 24.9 Å². The van der Waals surface area contributed by atoms with Crippen molar-refractivity contribution in [3.8, 4) is 0 Å². The van der Waals surface area contributed by atoms with Gasteiger partial charge in [0.2, 0.25) is 10.0 Å². The van der Waals surface area contributed by atoms with Gasteiger partial charge in [0.05, 0.1) is 6.26 Å². The number of fused-ring (bicyclic) bond motifs is 1. The third-order valence-corrected chi connectivity index (χ3v) is 9.14. The lowest BCUT2D eigenvalue weighted by Crippen LogP contribution is -2.40. The Balaban J connectivity index is 0.00000112. The standard InChI is InChI=1S/C27H37ClN2O2S.C4H8/c1-5-19(2)8-9-22-17-23-18-24(28)10-11-26(23)27(20(3)25(22)7-6-14-29)21-12-15-30(16-13-21)33(4,31)32;1-3-4-2/h5-7,10-11,14,17-21,27H,1,8-9,12-13,15-16,29H2,2-4H3;3-4H,1-2H3/b14-6-,25-7+;4-3-. The van der Waals surface area contributed by atoms with E-state index in [1.165, 1.54) is 28.5 Å². The van der Waals surface area contributed by atoms with Gasteiger partial charge in [-0.25, -0.2) is 12.7 Å². The highest BCUT2D eigenvalue weighted by molar-refractivity contribution is 7.88. The van der Waals surface area contributed by atoms with Gasteiger partial charge in [-0.2, -0.15) is 0 Å². The third kappa shape index (κ3) is 8.73. The summed E-state index contributed by atoms with van der Waals surface area (Å²) in [5, 5.41) is 0.733. The van der Waals surface area contributed by atoms with E-state index >= 15 is 0 Å². The molecule has 204 valence electrons. The summed E-state index contributed by atoms with van der Waals surface area (Å²) in [6.07, 6.45) is 19.0. The molecule has 0 bridgehead atoms. The first-order valence-electron chi connectivity index (χ1n) is 13.3. The summed E-state index contributed by atoms with van der Waals surface area (Å²) < 4.78 is 25.7. The lowest BCUT2D eigenvalue weighted by Gasteiger charge is -2.38. The van der Waals surface area contributed by atoms with Gasteiger partial charge in [0.1, 0.15) is 0 Å². The van der Waals surface area contributed by atoms with Gasteiger partial charge in [0.15, 0.2) is 0 Å². The van der Waals surface area contributed by atoms with E-state index in [4.69, 9.17) is 17.3 Å². The van der Waals surface area contributed by atoms with Crippen molar-refractivity contribution in [3.05, 3.63) is 88.7 Å². The average Bonchev–Trinajstić information content (AvgIpc) is 2.98. The van der Waals surface area contributed by atoms with E-state index < -0.39 is 10.0 Å². The van der Waals surface area contributed by atoms with Crippen molar-refractivity contribution in [2.45, 2.75) is 59.3 Å². The molecule has 0 aromatic heterocycles. The van der Waals surface area contributed by atoms with Crippen molar-refractivity contribution in [2.24, 2.45) is 23.5 Å². The fraction of sp³-hybridized carbons (Fsp3) is 0.484. The largest absolute Gasteiger partial charge is 0.405 e. The normalized spacial score (nSPS) is 23.3. The molecule has 1 aliphatic carbocycles. The van der Waals surface area contributed by atoms with Crippen molar-refractivity contribution in [3.63, 3.8) is 0 Å². The van der Waals surface area contributed by atoms with Gasteiger partial charge in [0.25, 0.3) is 0 Å². The minimum Gasteiger partial charge on any atom is -0.405 e. The van der Waals surface area contributed by atoms with Crippen LogP contribution in [0, 0.1) is 17.8 Å². The molecule has 2 aliphatic rings. The molecular weight excluding hydrogens is 500 g/mol. The van der Waals surface area contributed by atoms with Crippen LogP contribution in [0.1, 0.15) is 70.4 Å². The van der Waals surface area contributed by atoms with Crippen molar-refractivity contribution in [2.75, 3.05) is 19.3 Å². The molecule has 37 heavy (non-hydrogen) atoms. The number of hydrogen-bond donors (Lipinski definition) is 1. The lowest BCUT2D eigenvalue weighted by molar-refractivity contribution is 0.223. The number of nitrogens with zero attached hydrogens (tertiary/aromatic N) is 1. The molecule has 0 amide bonds. The maximum atomic E-state index is 12.1. The first kappa shape index (κ1) is 31.1. The molecule has 0 spiro atoms. The fourth-order valence-electron chi connectivity index (χ4n) is 5.36. The predicted octanol–water partition coefficient (Wildman–Crippen LogP) is 7.71. The van der Waals surface area contributed by atoms with E-state index in [-0.39, 0.29) is 11.8 Å². The Morgan fingerprint density at radius 3 is 2.41 bits per heavy atom. The first-order valence-corrected chi connectivity index (χ1v) is 15.5. The molecule has 4 nitrogen and oxygen atoms in total. The van der Waals surface area contributed by atoms with Crippen LogP contribution in [0.3, 0.4) is 0 Å². The highest BCUT2D eigenvalue weighted by Crippen LogP contribution is 2.48. The lowest BCUT2D eigenvalue weighted by atomic mass is 9.70. The maximum absolute atomic E-state index is 12.1. The smallest absolute Gasteiger partial charge is 0.211 e. The summed E-state index contributed by atoms with van der Waals surface area (Å²) in [6.45, 7) is 13.6. The van der Waals surface area contributed by atoms with Crippen LogP contribution < -0.4 is 5.73 Å². The highest BCUT2D eigenvalue weighted by atomic mass is 35.5. The number of halogens is 1. The highest BCUT2D eigenvalue weighted by Gasteiger charge is 2.37. The molecule has 3 unspecified atom stereocenters. The molecule has 0 radical (unpaired) electrons. The Bertz CT molecular complexity index is 1120. The van der Waals surface area contributed by atoms with Crippen LogP contribution in [-0.4, -0.2) is 32.1 Å². The third-order valence-electron chi connectivity index (χ3n) is 7.60. The summed E-state index contributed by atoms with van der Waals surface area (Å²) in [5.74, 6) is 1.37. The Morgan fingerprint density at radius 2 is 1.86 bits per heavy atom. The Hall–Kier alpha value is -2.08. The maximum Gasteiger partial charge on any atom is 0.211 e. The zero-order valence-electron chi connectivity index (χ0n) is 23.2. The number of hydrogen-bond acceptors (Lipinski definition) is 3. The van der Waals surface area contributed by atoms with Crippen LogP contribution >= 0.6 is 11.6 Å². The van der Waals surface area contributed by atoms with Crippen molar-refractivity contribution in [1.82, 2.24) is 4.31 Å². The average molecular weight is 545 g/mol. The van der Waals surface area contributed by atoms with Crippen molar-refractivity contribution in [1.29, 1.82) is 0 Å². The number of nitrogens with two attached hydrogens (primary N) is 1. The number of sulfonamides is 1. The summed E-state index contributed by atoms with van der Waals surface area (Å²) in [5.41, 5.74) is 10.8. The molecule has 1 heterocycles. The molecule has 6 heteroatoms. The molecule has 2 N–H and O–H groups in total. The van der Waals surface area contributed by atoms with Crippen LogP contribution in [0.25, 0.3) is 6.08 Å². The molecule has 1 aromatic rings. The summed E-state index contributed by atoms with van der Waals surface area (Å²) in [7, 11) is -3.15. The van der Waals surface area contributed by atoms with Crippen LogP contribution in [-0.2, 0) is 10.0 Å². The van der Waals surface area contributed by atoms with Gasteiger partial charge >= 0.3 is 0 Å². The second-order valence-corrected chi connectivity index (χ2v) is 12.6. The van der Waals surface area contributed by atoms with Crippen molar-refractivity contribution >= 4 is 27.7 Å². The minimum absolute atomic E-state index is 0.267.